The minimum Gasteiger partial charge on any atom is -0.341 e. The summed E-state index contributed by atoms with van der Waals surface area (Å²) in [7, 11) is 3.15. The molecule has 8 heteroatoms. The highest BCUT2D eigenvalue weighted by atomic mass is 16.2. The summed E-state index contributed by atoms with van der Waals surface area (Å²) in [6, 6.07) is 0.0946. The van der Waals surface area contributed by atoms with Crippen molar-refractivity contribution in [1.82, 2.24) is 18.7 Å². The third-order valence-corrected chi connectivity index (χ3v) is 4.75. The van der Waals surface area contributed by atoms with E-state index in [1.165, 1.54) is 11.6 Å². The molecule has 1 aliphatic rings. The van der Waals surface area contributed by atoms with Crippen LogP contribution in [0.3, 0.4) is 0 Å². The average Bonchev–Trinajstić information content (AvgIpc) is 2.96. The largest absolute Gasteiger partial charge is 0.341 e. The molecule has 0 amide bonds. The number of fused-ring (bicyclic) bond motifs is 1. The summed E-state index contributed by atoms with van der Waals surface area (Å²) in [5.74, 6) is 0.709. The van der Waals surface area contributed by atoms with Crippen molar-refractivity contribution in [2.45, 2.75) is 39.3 Å². The summed E-state index contributed by atoms with van der Waals surface area (Å²) in [5, 5.41) is 0. The fourth-order valence-electron chi connectivity index (χ4n) is 3.31. The Hall–Kier alpha value is -2.35. The molecule has 1 atom stereocenters. The van der Waals surface area contributed by atoms with Gasteiger partial charge in [-0.05, 0) is 26.7 Å². The first-order chi connectivity index (χ1) is 11.8. The average molecular weight is 346 g/mol. The van der Waals surface area contributed by atoms with Crippen LogP contribution < -0.4 is 21.9 Å². The summed E-state index contributed by atoms with van der Waals surface area (Å²) < 4.78 is 4.47. The second-order valence-electron chi connectivity index (χ2n) is 7.03. The predicted octanol–water partition coefficient (Wildman–Crippen LogP) is 0.327. The van der Waals surface area contributed by atoms with Crippen LogP contribution in [0, 0.1) is 0 Å². The van der Waals surface area contributed by atoms with Gasteiger partial charge in [0, 0.05) is 39.8 Å². The molecule has 0 aromatic carbocycles. The standard InChI is InChI=1S/C17H26N6O2/c1-11(2)7-9-23-13-14(20(3)17(25)21(4)15(13)24)19-16(23)22-8-5-6-12(18)10-22/h7,12H,5-6,8-10,18H2,1-4H3/t12-/m1/s1. The highest BCUT2D eigenvalue weighted by Gasteiger charge is 2.25. The fraction of sp³-hybridized carbons (Fsp3) is 0.588. The summed E-state index contributed by atoms with van der Waals surface area (Å²) in [6.45, 7) is 6.12. The Morgan fingerprint density at radius 1 is 1.28 bits per heavy atom. The van der Waals surface area contributed by atoms with E-state index < -0.39 is 0 Å². The number of hydrogen-bond donors (Lipinski definition) is 1. The molecule has 0 radical (unpaired) electrons. The van der Waals surface area contributed by atoms with Crippen LogP contribution in [0.4, 0.5) is 5.95 Å². The van der Waals surface area contributed by atoms with Gasteiger partial charge in [0.2, 0.25) is 5.95 Å². The first kappa shape index (κ1) is 17.5. The highest BCUT2D eigenvalue weighted by Crippen LogP contribution is 2.23. The molecule has 2 aromatic heterocycles. The molecular formula is C17H26N6O2. The molecule has 1 aliphatic heterocycles. The van der Waals surface area contributed by atoms with Crippen molar-refractivity contribution in [3.05, 3.63) is 32.5 Å². The lowest BCUT2D eigenvalue weighted by atomic mass is 10.1. The first-order valence-corrected chi connectivity index (χ1v) is 8.61. The fourth-order valence-corrected chi connectivity index (χ4v) is 3.31. The molecule has 3 rings (SSSR count). The van der Waals surface area contributed by atoms with Gasteiger partial charge in [0.25, 0.3) is 5.56 Å². The van der Waals surface area contributed by atoms with Crippen LogP contribution in [0.25, 0.3) is 11.2 Å². The molecule has 1 fully saturated rings. The molecule has 0 bridgehead atoms. The van der Waals surface area contributed by atoms with E-state index in [0.29, 0.717) is 30.2 Å². The van der Waals surface area contributed by atoms with Gasteiger partial charge in [0.05, 0.1) is 0 Å². The maximum atomic E-state index is 12.8. The number of hydrogen-bond acceptors (Lipinski definition) is 5. The van der Waals surface area contributed by atoms with Gasteiger partial charge in [-0.3, -0.25) is 13.9 Å². The van der Waals surface area contributed by atoms with Crippen molar-refractivity contribution in [3.63, 3.8) is 0 Å². The van der Waals surface area contributed by atoms with E-state index in [4.69, 9.17) is 5.73 Å². The van der Waals surface area contributed by atoms with E-state index in [1.54, 1.807) is 7.05 Å². The first-order valence-electron chi connectivity index (χ1n) is 8.61. The maximum absolute atomic E-state index is 12.8. The minimum atomic E-state index is -0.369. The Balaban J connectivity index is 2.28. The van der Waals surface area contributed by atoms with E-state index in [-0.39, 0.29) is 17.3 Å². The van der Waals surface area contributed by atoms with Gasteiger partial charge in [0.1, 0.15) is 0 Å². The zero-order chi connectivity index (χ0) is 18.3. The second-order valence-corrected chi connectivity index (χ2v) is 7.03. The number of anilines is 1. The van der Waals surface area contributed by atoms with Gasteiger partial charge in [-0.2, -0.15) is 4.98 Å². The Labute approximate surface area is 146 Å². The van der Waals surface area contributed by atoms with Crippen LogP contribution in [0.5, 0.6) is 0 Å². The summed E-state index contributed by atoms with van der Waals surface area (Å²) in [4.78, 5) is 31.8. The third kappa shape index (κ3) is 3.02. The highest BCUT2D eigenvalue weighted by molar-refractivity contribution is 5.74. The summed E-state index contributed by atoms with van der Waals surface area (Å²) in [5.41, 5.74) is 7.47. The van der Waals surface area contributed by atoms with E-state index in [0.717, 1.165) is 29.5 Å². The molecule has 136 valence electrons. The van der Waals surface area contributed by atoms with Crippen LogP contribution in [0.1, 0.15) is 26.7 Å². The normalized spacial score (nSPS) is 18.0. The SMILES string of the molecule is CC(C)=CCn1c(N2CCC[C@@H](N)C2)nc2c1c(=O)n(C)c(=O)n2C. The Kier molecular flexibility index (Phi) is 4.55. The Bertz CT molecular complexity index is 945. The van der Waals surface area contributed by atoms with Gasteiger partial charge >= 0.3 is 5.69 Å². The molecule has 0 spiro atoms. The lowest BCUT2D eigenvalue weighted by molar-refractivity contribution is 0.495. The van der Waals surface area contributed by atoms with Crippen LogP contribution in [0.2, 0.25) is 0 Å². The molecule has 0 saturated carbocycles. The van der Waals surface area contributed by atoms with Gasteiger partial charge < -0.3 is 15.2 Å². The van der Waals surface area contributed by atoms with Crippen LogP contribution in [-0.2, 0) is 20.6 Å². The van der Waals surface area contributed by atoms with Gasteiger partial charge in [-0.25, -0.2) is 4.79 Å². The molecule has 2 aromatic rings. The molecule has 8 nitrogen and oxygen atoms in total. The topological polar surface area (TPSA) is 91.1 Å². The molecule has 3 heterocycles. The van der Waals surface area contributed by atoms with Gasteiger partial charge in [0.15, 0.2) is 11.2 Å². The summed E-state index contributed by atoms with van der Waals surface area (Å²) in [6.07, 6.45) is 4.04. The minimum absolute atomic E-state index is 0.0946. The zero-order valence-electron chi connectivity index (χ0n) is 15.3. The third-order valence-electron chi connectivity index (χ3n) is 4.75. The van der Waals surface area contributed by atoms with Crippen molar-refractivity contribution >= 4 is 17.1 Å². The summed E-state index contributed by atoms with van der Waals surface area (Å²) >= 11 is 0. The Morgan fingerprint density at radius 3 is 2.64 bits per heavy atom. The molecular weight excluding hydrogens is 320 g/mol. The number of nitrogens with zero attached hydrogens (tertiary/aromatic N) is 5. The lowest BCUT2D eigenvalue weighted by Crippen LogP contribution is -2.44. The zero-order valence-corrected chi connectivity index (χ0v) is 15.3. The van der Waals surface area contributed by atoms with E-state index >= 15 is 0 Å². The maximum Gasteiger partial charge on any atom is 0.332 e. The van der Waals surface area contributed by atoms with Crippen molar-refractivity contribution in [2.24, 2.45) is 19.8 Å². The number of rotatable bonds is 3. The predicted molar refractivity (Wildman–Crippen MR) is 99.1 cm³/mol. The van der Waals surface area contributed by atoms with Crippen molar-refractivity contribution in [2.75, 3.05) is 18.0 Å². The lowest BCUT2D eigenvalue weighted by Gasteiger charge is -2.31. The monoisotopic (exact) mass is 346 g/mol. The Morgan fingerprint density at radius 2 is 2.00 bits per heavy atom. The molecule has 0 aliphatic carbocycles. The molecule has 25 heavy (non-hydrogen) atoms. The van der Waals surface area contributed by atoms with Crippen LogP contribution in [-0.4, -0.2) is 37.8 Å². The van der Waals surface area contributed by atoms with E-state index in [2.05, 4.69) is 16.0 Å². The molecule has 0 unspecified atom stereocenters. The molecule has 2 N–H and O–H groups in total. The van der Waals surface area contributed by atoms with Crippen molar-refractivity contribution in [3.8, 4) is 0 Å². The van der Waals surface area contributed by atoms with Gasteiger partial charge in [-0.1, -0.05) is 11.6 Å². The number of allylic oxidation sites excluding steroid dienone is 2. The number of aryl methyl sites for hydroxylation is 1. The second kappa shape index (κ2) is 6.51. The van der Waals surface area contributed by atoms with Crippen molar-refractivity contribution in [1.29, 1.82) is 0 Å². The van der Waals surface area contributed by atoms with Gasteiger partial charge in [-0.15, -0.1) is 0 Å². The smallest absolute Gasteiger partial charge is 0.332 e. The van der Waals surface area contributed by atoms with Crippen molar-refractivity contribution < 1.29 is 0 Å². The number of piperidine rings is 1. The van der Waals surface area contributed by atoms with E-state index in [9.17, 15) is 9.59 Å². The van der Waals surface area contributed by atoms with Crippen LogP contribution in [0.15, 0.2) is 21.2 Å². The van der Waals surface area contributed by atoms with E-state index in [1.807, 2.05) is 18.4 Å². The quantitative estimate of drug-likeness (QED) is 0.809. The van der Waals surface area contributed by atoms with Crippen LogP contribution >= 0.6 is 0 Å². The number of nitrogens with two attached hydrogens (primary N) is 1. The molecule has 1 saturated heterocycles. The number of aromatic nitrogens is 4. The number of imidazole rings is 1.